The van der Waals surface area contributed by atoms with Crippen molar-refractivity contribution in [3.8, 4) is 16.9 Å². The maximum atomic E-state index is 12.2. The highest BCUT2D eigenvalue weighted by molar-refractivity contribution is 7.13. The van der Waals surface area contributed by atoms with Crippen LogP contribution in [0.4, 0.5) is 5.13 Å². The van der Waals surface area contributed by atoms with E-state index in [2.05, 4.69) is 10.3 Å². The van der Waals surface area contributed by atoms with Gasteiger partial charge in [-0.2, -0.15) is 0 Å². The average molecular weight is 367 g/mol. The zero-order valence-corrected chi connectivity index (χ0v) is 15.4. The summed E-state index contributed by atoms with van der Waals surface area (Å²) in [6.45, 7) is 0.605. The molecular formula is C20H21N3O2S. The fourth-order valence-electron chi connectivity index (χ4n) is 2.63. The molecule has 2 aromatic carbocycles. The first-order valence-corrected chi connectivity index (χ1v) is 9.26. The lowest BCUT2D eigenvalue weighted by Gasteiger charge is -2.07. The molecule has 0 bridgehead atoms. The van der Waals surface area contributed by atoms with Gasteiger partial charge < -0.3 is 15.8 Å². The van der Waals surface area contributed by atoms with Crippen LogP contribution in [-0.4, -0.2) is 24.5 Å². The molecular weight excluding hydrogens is 346 g/mol. The van der Waals surface area contributed by atoms with Gasteiger partial charge in [-0.3, -0.25) is 4.79 Å². The number of hydrogen-bond donors (Lipinski definition) is 2. The van der Waals surface area contributed by atoms with E-state index >= 15 is 0 Å². The number of rotatable bonds is 7. The number of nitrogens with zero attached hydrogens (tertiary/aromatic N) is 1. The number of nitrogens with one attached hydrogen (secondary N) is 1. The van der Waals surface area contributed by atoms with E-state index in [1.807, 2.05) is 53.9 Å². The molecule has 0 atom stereocenters. The van der Waals surface area contributed by atoms with Crippen LogP contribution in [0.3, 0.4) is 0 Å². The highest BCUT2D eigenvalue weighted by Gasteiger charge is 2.06. The maximum absolute atomic E-state index is 12.2. The van der Waals surface area contributed by atoms with Crippen molar-refractivity contribution in [1.82, 2.24) is 10.3 Å². The van der Waals surface area contributed by atoms with E-state index in [-0.39, 0.29) is 5.91 Å². The molecule has 3 aromatic rings. The summed E-state index contributed by atoms with van der Waals surface area (Å²) in [6.07, 6.45) is 1.64. The molecule has 0 fully saturated rings. The molecule has 3 N–H and O–H groups in total. The number of carbonyl (C=O) groups is 1. The molecule has 6 heteroatoms. The third-order valence-electron chi connectivity index (χ3n) is 4.01. The molecule has 134 valence electrons. The van der Waals surface area contributed by atoms with Crippen molar-refractivity contribution in [1.29, 1.82) is 0 Å². The normalized spacial score (nSPS) is 10.5. The Morgan fingerprint density at radius 1 is 1.19 bits per heavy atom. The number of hydrogen-bond acceptors (Lipinski definition) is 5. The van der Waals surface area contributed by atoms with Gasteiger partial charge in [-0.05, 0) is 48.2 Å². The number of thiazole rings is 1. The fourth-order valence-corrected chi connectivity index (χ4v) is 3.22. The predicted octanol–water partition coefficient (Wildman–Crippen LogP) is 3.76. The molecule has 0 aliphatic rings. The summed E-state index contributed by atoms with van der Waals surface area (Å²) < 4.78 is 5.25. The number of aromatic nitrogens is 1. The average Bonchev–Trinajstić information content (AvgIpc) is 3.10. The van der Waals surface area contributed by atoms with Gasteiger partial charge in [-0.25, -0.2) is 4.98 Å². The van der Waals surface area contributed by atoms with Crippen molar-refractivity contribution >= 4 is 22.4 Å². The summed E-state index contributed by atoms with van der Waals surface area (Å²) in [5, 5.41) is 5.48. The Labute approximate surface area is 156 Å². The Bertz CT molecular complexity index is 875. The van der Waals surface area contributed by atoms with E-state index in [4.69, 9.17) is 10.5 Å². The van der Waals surface area contributed by atoms with E-state index < -0.39 is 0 Å². The largest absolute Gasteiger partial charge is 0.497 e. The van der Waals surface area contributed by atoms with E-state index in [9.17, 15) is 4.79 Å². The van der Waals surface area contributed by atoms with E-state index in [0.717, 1.165) is 35.4 Å². The lowest BCUT2D eigenvalue weighted by atomic mass is 10.0. The Morgan fingerprint density at radius 2 is 2.00 bits per heavy atom. The molecule has 0 unspecified atom stereocenters. The minimum absolute atomic E-state index is 0.0695. The summed E-state index contributed by atoms with van der Waals surface area (Å²) in [7, 11) is 1.65. The molecule has 5 nitrogen and oxygen atoms in total. The van der Waals surface area contributed by atoms with E-state index in [1.165, 1.54) is 11.3 Å². The molecule has 1 amide bonds. The number of carbonyl (C=O) groups excluding carboxylic acids is 1. The second kappa shape index (κ2) is 8.49. The molecule has 0 spiro atoms. The lowest BCUT2D eigenvalue weighted by molar-refractivity contribution is 0.0953. The van der Waals surface area contributed by atoms with Crippen LogP contribution in [0.15, 0.2) is 53.9 Å². The van der Waals surface area contributed by atoms with Crippen LogP contribution < -0.4 is 15.8 Å². The number of nitrogen functional groups attached to an aromatic ring is 1. The summed E-state index contributed by atoms with van der Waals surface area (Å²) >= 11 is 1.44. The van der Waals surface area contributed by atoms with Crippen LogP contribution in [0.2, 0.25) is 0 Å². The third kappa shape index (κ3) is 4.61. The first-order chi connectivity index (χ1) is 12.7. The van der Waals surface area contributed by atoms with E-state index in [1.54, 1.807) is 7.11 Å². The van der Waals surface area contributed by atoms with Gasteiger partial charge in [-0.1, -0.05) is 24.3 Å². The monoisotopic (exact) mass is 367 g/mol. The summed E-state index contributed by atoms with van der Waals surface area (Å²) in [4.78, 5) is 16.5. The van der Waals surface area contributed by atoms with Gasteiger partial charge in [0.15, 0.2) is 5.13 Å². The molecule has 0 radical (unpaired) electrons. The summed E-state index contributed by atoms with van der Waals surface area (Å²) in [5.74, 6) is 0.742. The van der Waals surface area contributed by atoms with Gasteiger partial charge >= 0.3 is 0 Å². The van der Waals surface area contributed by atoms with Gasteiger partial charge in [0, 0.05) is 17.5 Å². The molecule has 3 rings (SSSR count). The Hall–Kier alpha value is -2.86. The number of amides is 1. The number of anilines is 1. The SMILES string of the molecule is COc1cccc(-c2ccc(C(=O)NCCCc3csc(N)n3)cc2)c1. The fraction of sp³-hybridized carbons (Fsp3) is 0.200. The number of ether oxygens (including phenoxy) is 1. The van der Waals surface area contributed by atoms with Gasteiger partial charge in [-0.15, -0.1) is 11.3 Å². The minimum Gasteiger partial charge on any atom is -0.497 e. The van der Waals surface area contributed by atoms with E-state index in [0.29, 0.717) is 17.2 Å². The molecule has 26 heavy (non-hydrogen) atoms. The van der Waals surface area contributed by atoms with Crippen LogP contribution >= 0.6 is 11.3 Å². The molecule has 1 heterocycles. The standard InChI is InChI=1S/C20H21N3O2S/c1-25-18-6-2-4-16(12-18)14-7-9-15(10-8-14)19(24)22-11-3-5-17-13-26-20(21)23-17/h2,4,6-10,12-13H,3,5,11H2,1H3,(H2,21,23)(H,22,24). The van der Waals surface area contributed by atoms with Crippen LogP contribution in [0, 0.1) is 0 Å². The molecule has 0 aliphatic carbocycles. The van der Waals surface area contributed by atoms with Crippen molar-refractivity contribution in [2.24, 2.45) is 0 Å². The highest BCUT2D eigenvalue weighted by atomic mass is 32.1. The number of nitrogens with two attached hydrogens (primary N) is 1. The number of aryl methyl sites for hydroxylation is 1. The van der Waals surface area contributed by atoms with Gasteiger partial charge in [0.05, 0.1) is 12.8 Å². The Kier molecular flexibility index (Phi) is 5.86. The highest BCUT2D eigenvalue weighted by Crippen LogP contribution is 2.24. The predicted molar refractivity (Wildman–Crippen MR) is 106 cm³/mol. The molecule has 0 aliphatic heterocycles. The molecule has 0 saturated heterocycles. The van der Waals surface area contributed by atoms with Gasteiger partial charge in [0.2, 0.25) is 0 Å². The Balaban J connectivity index is 1.53. The van der Waals surface area contributed by atoms with Crippen molar-refractivity contribution in [3.63, 3.8) is 0 Å². The van der Waals surface area contributed by atoms with Crippen molar-refractivity contribution in [3.05, 3.63) is 65.2 Å². The second-order valence-electron chi connectivity index (χ2n) is 5.85. The third-order valence-corrected chi connectivity index (χ3v) is 4.74. The van der Waals surface area contributed by atoms with Crippen molar-refractivity contribution in [2.75, 3.05) is 19.4 Å². The molecule has 0 saturated carbocycles. The zero-order chi connectivity index (χ0) is 18.4. The quantitative estimate of drug-likeness (QED) is 0.623. The number of benzene rings is 2. The topological polar surface area (TPSA) is 77.2 Å². The molecule has 1 aromatic heterocycles. The van der Waals surface area contributed by atoms with Crippen LogP contribution in [0.1, 0.15) is 22.5 Å². The zero-order valence-electron chi connectivity index (χ0n) is 14.6. The lowest BCUT2D eigenvalue weighted by Crippen LogP contribution is -2.24. The first-order valence-electron chi connectivity index (χ1n) is 8.38. The number of methoxy groups -OCH3 is 1. The van der Waals surface area contributed by atoms with Crippen LogP contribution in [0.5, 0.6) is 5.75 Å². The Morgan fingerprint density at radius 3 is 2.69 bits per heavy atom. The minimum atomic E-state index is -0.0695. The summed E-state index contributed by atoms with van der Waals surface area (Å²) in [5.41, 5.74) is 9.33. The van der Waals surface area contributed by atoms with Crippen LogP contribution in [-0.2, 0) is 6.42 Å². The van der Waals surface area contributed by atoms with Crippen molar-refractivity contribution in [2.45, 2.75) is 12.8 Å². The maximum Gasteiger partial charge on any atom is 0.251 e. The summed E-state index contributed by atoms with van der Waals surface area (Å²) in [6, 6.07) is 15.4. The van der Waals surface area contributed by atoms with Gasteiger partial charge in [0.25, 0.3) is 5.91 Å². The second-order valence-corrected chi connectivity index (χ2v) is 6.74. The first kappa shape index (κ1) is 17.9. The van der Waals surface area contributed by atoms with Gasteiger partial charge in [0.1, 0.15) is 5.75 Å². The smallest absolute Gasteiger partial charge is 0.251 e. The van der Waals surface area contributed by atoms with Crippen molar-refractivity contribution < 1.29 is 9.53 Å². The van der Waals surface area contributed by atoms with Crippen LogP contribution in [0.25, 0.3) is 11.1 Å².